The van der Waals surface area contributed by atoms with Crippen LogP contribution in [0.5, 0.6) is 0 Å². The molecule has 0 bridgehead atoms. The van der Waals surface area contributed by atoms with Gasteiger partial charge in [0.2, 0.25) is 0 Å². The second-order valence-electron chi connectivity index (χ2n) is 10.7. The molecule has 0 rings (SSSR count). The molecular formula is C31H62O4. The molecular weight excluding hydrogens is 436 g/mol. The average molecular weight is 499 g/mol. The Morgan fingerprint density at radius 1 is 0.543 bits per heavy atom. The fourth-order valence-electron chi connectivity index (χ4n) is 5.03. The lowest BCUT2D eigenvalue weighted by Crippen LogP contribution is -2.35. The van der Waals surface area contributed by atoms with E-state index in [1.165, 1.54) is 109 Å². The molecule has 0 spiro atoms. The normalized spacial score (nSPS) is 14.0. The van der Waals surface area contributed by atoms with Crippen molar-refractivity contribution in [1.82, 2.24) is 0 Å². The first-order chi connectivity index (χ1) is 17.0. The number of hydrogen-bond donors (Lipinski definition) is 0. The summed E-state index contributed by atoms with van der Waals surface area (Å²) in [5, 5.41) is 0. The first-order valence-corrected chi connectivity index (χ1v) is 14.9. The topological polar surface area (TPSA) is 36.9 Å². The van der Waals surface area contributed by atoms with E-state index in [4.69, 9.17) is 18.9 Å². The van der Waals surface area contributed by atoms with Crippen LogP contribution in [0.15, 0.2) is 12.3 Å². The summed E-state index contributed by atoms with van der Waals surface area (Å²) in [7, 11) is 4.93. The van der Waals surface area contributed by atoms with E-state index in [2.05, 4.69) is 26.8 Å². The molecule has 0 aliphatic carbocycles. The van der Waals surface area contributed by atoms with Crippen molar-refractivity contribution in [2.45, 2.75) is 155 Å². The summed E-state index contributed by atoms with van der Waals surface area (Å²) < 4.78 is 21.9. The minimum atomic E-state index is -0.868. The molecule has 0 fully saturated rings. The van der Waals surface area contributed by atoms with E-state index in [0.717, 1.165) is 25.9 Å². The number of rotatable bonds is 27. The minimum absolute atomic E-state index is 0.467. The van der Waals surface area contributed by atoms with Crippen LogP contribution in [0.2, 0.25) is 0 Å². The standard InChI is InChI=1S/C31H62O4/c1-7-9-11-12-13-14-17-20-24-30(3,26-23-29-35-28-10-8-2)25-21-18-15-16-19-22-27-31(32-4,33-5)34-6/h10,28H,7-9,11-27,29H2,1-6H3. The maximum Gasteiger partial charge on any atom is 0.282 e. The van der Waals surface area contributed by atoms with Crippen molar-refractivity contribution >= 4 is 0 Å². The van der Waals surface area contributed by atoms with Gasteiger partial charge in [0, 0.05) is 27.8 Å². The Morgan fingerprint density at radius 2 is 0.971 bits per heavy atom. The van der Waals surface area contributed by atoms with Crippen LogP contribution >= 0.6 is 0 Å². The third-order valence-electron chi connectivity index (χ3n) is 7.55. The number of allylic oxidation sites excluding steroid dienone is 1. The van der Waals surface area contributed by atoms with E-state index in [9.17, 15) is 0 Å². The molecule has 210 valence electrons. The second kappa shape index (κ2) is 23.8. The molecule has 0 saturated heterocycles. The van der Waals surface area contributed by atoms with E-state index < -0.39 is 5.97 Å². The quantitative estimate of drug-likeness (QED) is 0.0641. The van der Waals surface area contributed by atoms with Crippen molar-refractivity contribution in [1.29, 1.82) is 0 Å². The predicted molar refractivity (Wildman–Crippen MR) is 151 cm³/mol. The zero-order chi connectivity index (χ0) is 26.1. The molecule has 0 aromatic rings. The van der Waals surface area contributed by atoms with Gasteiger partial charge >= 0.3 is 0 Å². The zero-order valence-corrected chi connectivity index (χ0v) is 24.6. The van der Waals surface area contributed by atoms with Gasteiger partial charge in [-0.1, -0.05) is 110 Å². The molecule has 0 saturated carbocycles. The largest absolute Gasteiger partial charge is 0.502 e. The van der Waals surface area contributed by atoms with Crippen molar-refractivity contribution < 1.29 is 18.9 Å². The summed E-state index contributed by atoms with van der Waals surface area (Å²) in [6, 6.07) is 0. The van der Waals surface area contributed by atoms with Gasteiger partial charge in [-0.15, -0.1) is 0 Å². The molecule has 1 unspecified atom stereocenters. The maximum atomic E-state index is 5.68. The van der Waals surface area contributed by atoms with Crippen LogP contribution in [-0.2, 0) is 18.9 Å². The van der Waals surface area contributed by atoms with Gasteiger partial charge in [-0.2, -0.15) is 0 Å². The summed E-state index contributed by atoms with van der Waals surface area (Å²) in [6.07, 6.45) is 29.8. The molecule has 0 aliphatic rings. The van der Waals surface area contributed by atoms with E-state index in [1.54, 1.807) is 21.3 Å². The number of methoxy groups -OCH3 is 3. The Labute approximate surface area is 219 Å². The highest BCUT2D eigenvalue weighted by molar-refractivity contribution is 4.76. The molecule has 4 nitrogen and oxygen atoms in total. The highest BCUT2D eigenvalue weighted by atomic mass is 16.9. The Balaban J connectivity index is 4.20. The lowest BCUT2D eigenvalue weighted by atomic mass is 9.76. The van der Waals surface area contributed by atoms with Crippen LogP contribution in [0, 0.1) is 5.41 Å². The third kappa shape index (κ3) is 19.2. The fourth-order valence-corrected chi connectivity index (χ4v) is 5.03. The van der Waals surface area contributed by atoms with E-state index in [0.29, 0.717) is 5.41 Å². The van der Waals surface area contributed by atoms with Crippen LogP contribution in [0.1, 0.15) is 149 Å². The lowest BCUT2D eigenvalue weighted by Gasteiger charge is -2.30. The van der Waals surface area contributed by atoms with Crippen LogP contribution < -0.4 is 0 Å². The van der Waals surface area contributed by atoms with Crippen molar-refractivity contribution in [3.63, 3.8) is 0 Å². The highest BCUT2D eigenvalue weighted by Gasteiger charge is 2.28. The smallest absolute Gasteiger partial charge is 0.282 e. The Morgan fingerprint density at radius 3 is 1.43 bits per heavy atom. The highest BCUT2D eigenvalue weighted by Crippen LogP contribution is 2.36. The molecule has 35 heavy (non-hydrogen) atoms. The fraction of sp³-hybridized carbons (Fsp3) is 0.935. The molecule has 0 radical (unpaired) electrons. The summed E-state index contributed by atoms with van der Waals surface area (Å²) >= 11 is 0. The van der Waals surface area contributed by atoms with Crippen LogP contribution in [0.3, 0.4) is 0 Å². The van der Waals surface area contributed by atoms with Gasteiger partial charge in [-0.05, 0) is 43.9 Å². The number of ether oxygens (including phenoxy) is 4. The van der Waals surface area contributed by atoms with Crippen LogP contribution in [0.25, 0.3) is 0 Å². The summed E-state index contributed by atoms with van der Waals surface area (Å²) in [4.78, 5) is 0. The second-order valence-corrected chi connectivity index (χ2v) is 10.7. The molecule has 0 aromatic carbocycles. The molecule has 0 heterocycles. The molecule has 4 heteroatoms. The van der Waals surface area contributed by atoms with Crippen LogP contribution in [-0.4, -0.2) is 33.9 Å². The van der Waals surface area contributed by atoms with Crippen molar-refractivity contribution in [2.24, 2.45) is 5.41 Å². The molecule has 0 amide bonds. The van der Waals surface area contributed by atoms with Crippen molar-refractivity contribution in [3.05, 3.63) is 12.3 Å². The minimum Gasteiger partial charge on any atom is -0.502 e. The van der Waals surface area contributed by atoms with Gasteiger partial charge in [-0.25, -0.2) is 0 Å². The molecule has 0 N–H and O–H groups in total. The average Bonchev–Trinajstić information content (AvgIpc) is 2.87. The number of unbranched alkanes of at least 4 members (excludes halogenated alkanes) is 12. The lowest BCUT2D eigenvalue weighted by molar-refractivity contribution is -0.355. The molecule has 1 atom stereocenters. The van der Waals surface area contributed by atoms with Gasteiger partial charge in [0.05, 0.1) is 12.9 Å². The van der Waals surface area contributed by atoms with Gasteiger partial charge in [0.15, 0.2) is 0 Å². The number of hydrogen-bond acceptors (Lipinski definition) is 4. The molecule has 0 aromatic heterocycles. The van der Waals surface area contributed by atoms with Crippen LogP contribution in [0.4, 0.5) is 0 Å². The summed E-state index contributed by atoms with van der Waals surface area (Å²) in [5.74, 6) is -0.868. The Bertz CT molecular complexity index is 453. The van der Waals surface area contributed by atoms with E-state index in [1.807, 2.05) is 6.26 Å². The first-order valence-electron chi connectivity index (χ1n) is 14.9. The molecule has 0 aliphatic heterocycles. The maximum absolute atomic E-state index is 5.68. The summed E-state index contributed by atoms with van der Waals surface area (Å²) in [6.45, 7) is 7.83. The zero-order valence-electron chi connectivity index (χ0n) is 24.6. The monoisotopic (exact) mass is 498 g/mol. The van der Waals surface area contributed by atoms with Gasteiger partial charge in [0.25, 0.3) is 5.97 Å². The van der Waals surface area contributed by atoms with E-state index in [-0.39, 0.29) is 0 Å². The SMILES string of the molecule is CCC=COCCCC(C)(CCCCCCCCCC)CCCCCCCCC(OC)(OC)OC. The van der Waals surface area contributed by atoms with E-state index >= 15 is 0 Å². The van der Waals surface area contributed by atoms with Crippen molar-refractivity contribution in [3.8, 4) is 0 Å². The summed E-state index contributed by atoms with van der Waals surface area (Å²) in [5.41, 5.74) is 0.467. The first kappa shape index (κ1) is 34.4. The third-order valence-corrected chi connectivity index (χ3v) is 7.55. The predicted octanol–water partition coefficient (Wildman–Crippen LogP) is 9.96. The Hall–Kier alpha value is -0.580. The Kier molecular flexibility index (Phi) is 23.4. The van der Waals surface area contributed by atoms with Gasteiger partial charge in [-0.3, -0.25) is 0 Å². The van der Waals surface area contributed by atoms with Gasteiger partial charge in [0.1, 0.15) is 0 Å². The van der Waals surface area contributed by atoms with Crippen molar-refractivity contribution in [2.75, 3.05) is 27.9 Å². The van der Waals surface area contributed by atoms with Gasteiger partial charge < -0.3 is 18.9 Å².